The van der Waals surface area contributed by atoms with Crippen molar-refractivity contribution in [2.45, 2.75) is 20.5 Å². The Labute approximate surface area is 200 Å². The van der Waals surface area contributed by atoms with E-state index in [4.69, 9.17) is 17.0 Å². The lowest BCUT2D eigenvalue weighted by Crippen LogP contribution is -2.46. The quantitative estimate of drug-likeness (QED) is 0.349. The molecule has 1 saturated heterocycles. The molecular formula is C27H30N4OS. The van der Waals surface area contributed by atoms with Crippen molar-refractivity contribution >= 4 is 28.9 Å². The molecule has 33 heavy (non-hydrogen) atoms. The number of hydrogen-bond acceptors (Lipinski definition) is 4. The number of piperazine rings is 1. The van der Waals surface area contributed by atoms with E-state index in [2.05, 4.69) is 92.6 Å². The Morgan fingerprint density at radius 1 is 0.848 bits per heavy atom. The van der Waals surface area contributed by atoms with E-state index >= 15 is 0 Å². The summed E-state index contributed by atoms with van der Waals surface area (Å²) in [6.07, 6.45) is 0. The molecule has 0 amide bonds. The fourth-order valence-electron chi connectivity index (χ4n) is 4.69. The maximum atomic E-state index is 6.00. The van der Waals surface area contributed by atoms with Crippen molar-refractivity contribution in [2.24, 2.45) is 0 Å². The van der Waals surface area contributed by atoms with E-state index in [1.165, 1.54) is 16.8 Å². The Bertz CT molecular complexity index is 1320. The van der Waals surface area contributed by atoms with Crippen LogP contribution in [0.1, 0.15) is 12.5 Å². The molecule has 5 nitrogen and oxygen atoms in total. The SMILES string of the molecule is CCOc1ccccc1N1CCN(Cn2c(=S)n(-c3cccc(C)c3)c3ccccc32)CC1. The molecule has 3 aromatic carbocycles. The third-order valence-electron chi connectivity index (χ3n) is 6.31. The van der Waals surface area contributed by atoms with Crippen LogP contribution in [0, 0.1) is 11.7 Å². The summed E-state index contributed by atoms with van der Waals surface area (Å²) in [5.74, 6) is 0.969. The van der Waals surface area contributed by atoms with E-state index in [0.29, 0.717) is 6.61 Å². The number of nitrogens with zero attached hydrogens (tertiary/aromatic N) is 4. The Hall–Kier alpha value is -3.09. The fraction of sp³-hybridized carbons (Fsp3) is 0.296. The second-order valence-electron chi connectivity index (χ2n) is 8.52. The maximum Gasteiger partial charge on any atom is 0.186 e. The smallest absolute Gasteiger partial charge is 0.186 e. The van der Waals surface area contributed by atoms with E-state index in [0.717, 1.165) is 54.6 Å². The van der Waals surface area contributed by atoms with E-state index < -0.39 is 0 Å². The molecule has 5 rings (SSSR count). The highest BCUT2D eigenvalue weighted by Crippen LogP contribution is 2.29. The number of anilines is 1. The van der Waals surface area contributed by atoms with Gasteiger partial charge in [0.2, 0.25) is 0 Å². The number of benzene rings is 3. The average molecular weight is 459 g/mol. The van der Waals surface area contributed by atoms with Gasteiger partial charge in [0, 0.05) is 31.9 Å². The van der Waals surface area contributed by atoms with Crippen molar-refractivity contribution in [3.63, 3.8) is 0 Å². The molecule has 0 N–H and O–H groups in total. The molecule has 1 fully saturated rings. The van der Waals surface area contributed by atoms with E-state index in [1.807, 2.05) is 13.0 Å². The van der Waals surface area contributed by atoms with E-state index in [-0.39, 0.29) is 0 Å². The van der Waals surface area contributed by atoms with Gasteiger partial charge in [0.1, 0.15) is 5.75 Å². The number of aromatic nitrogens is 2. The molecule has 1 aliphatic heterocycles. The maximum absolute atomic E-state index is 6.00. The molecule has 1 aromatic heterocycles. The van der Waals surface area contributed by atoms with Gasteiger partial charge in [-0.25, -0.2) is 0 Å². The van der Waals surface area contributed by atoms with Crippen LogP contribution in [-0.2, 0) is 6.67 Å². The zero-order valence-corrected chi connectivity index (χ0v) is 20.1. The molecule has 0 spiro atoms. The van der Waals surface area contributed by atoms with Crippen LogP contribution < -0.4 is 9.64 Å². The second kappa shape index (κ2) is 9.41. The third kappa shape index (κ3) is 4.28. The number of para-hydroxylation sites is 4. The first-order chi connectivity index (χ1) is 16.2. The van der Waals surface area contributed by atoms with E-state index in [9.17, 15) is 0 Å². The molecule has 0 saturated carbocycles. The minimum Gasteiger partial charge on any atom is -0.492 e. The summed E-state index contributed by atoms with van der Waals surface area (Å²) in [5, 5.41) is 0. The van der Waals surface area contributed by atoms with Gasteiger partial charge < -0.3 is 14.2 Å². The van der Waals surface area contributed by atoms with Gasteiger partial charge in [-0.05, 0) is 68.0 Å². The van der Waals surface area contributed by atoms with Gasteiger partial charge in [-0.15, -0.1) is 0 Å². The van der Waals surface area contributed by atoms with Crippen LogP contribution in [0.5, 0.6) is 5.75 Å². The normalized spacial score (nSPS) is 14.7. The highest BCUT2D eigenvalue weighted by molar-refractivity contribution is 7.71. The molecule has 170 valence electrons. The lowest BCUT2D eigenvalue weighted by Gasteiger charge is -2.36. The molecule has 0 aliphatic carbocycles. The first-order valence-electron chi connectivity index (χ1n) is 11.6. The zero-order valence-electron chi connectivity index (χ0n) is 19.3. The molecule has 4 aromatic rings. The summed E-state index contributed by atoms with van der Waals surface area (Å²) in [6, 6.07) is 25.4. The van der Waals surface area contributed by atoms with Crippen molar-refractivity contribution in [1.29, 1.82) is 0 Å². The number of aryl methyl sites for hydroxylation is 1. The van der Waals surface area contributed by atoms with Crippen LogP contribution in [-0.4, -0.2) is 46.8 Å². The molecule has 0 unspecified atom stereocenters. The number of imidazole rings is 1. The standard InChI is InChI=1S/C27H30N4OS/c1-3-32-26-14-7-6-13-25(26)29-17-15-28(16-18-29)20-30-23-11-4-5-12-24(23)31(27(30)33)22-10-8-9-21(2)19-22/h4-14,19H,3,15-18,20H2,1-2H3. The average Bonchev–Trinajstić information content (AvgIpc) is 3.11. The van der Waals surface area contributed by atoms with Crippen LogP contribution in [0.4, 0.5) is 5.69 Å². The van der Waals surface area contributed by atoms with Crippen LogP contribution >= 0.6 is 12.2 Å². The van der Waals surface area contributed by atoms with Gasteiger partial charge in [0.05, 0.1) is 30.0 Å². The van der Waals surface area contributed by atoms with Gasteiger partial charge in [-0.3, -0.25) is 9.47 Å². The number of ether oxygens (including phenoxy) is 1. The van der Waals surface area contributed by atoms with Gasteiger partial charge in [0.25, 0.3) is 0 Å². The highest BCUT2D eigenvalue weighted by atomic mass is 32.1. The predicted molar refractivity (Wildman–Crippen MR) is 138 cm³/mol. The van der Waals surface area contributed by atoms with Crippen LogP contribution in [0.25, 0.3) is 16.7 Å². The van der Waals surface area contributed by atoms with Crippen molar-refractivity contribution in [3.8, 4) is 11.4 Å². The van der Waals surface area contributed by atoms with Crippen LogP contribution in [0.2, 0.25) is 0 Å². The first-order valence-corrected chi connectivity index (χ1v) is 12.0. The summed E-state index contributed by atoms with van der Waals surface area (Å²) < 4.78 is 11.2. The first kappa shape index (κ1) is 21.7. The number of rotatable bonds is 6. The molecule has 0 radical (unpaired) electrons. The summed E-state index contributed by atoms with van der Waals surface area (Å²) in [4.78, 5) is 4.92. The lowest BCUT2D eigenvalue weighted by molar-refractivity contribution is 0.207. The Morgan fingerprint density at radius 3 is 2.33 bits per heavy atom. The highest BCUT2D eigenvalue weighted by Gasteiger charge is 2.21. The fourth-order valence-corrected chi connectivity index (χ4v) is 5.05. The van der Waals surface area contributed by atoms with Gasteiger partial charge in [-0.1, -0.05) is 36.4 Å². The van der Waals surface area contributed by atoms with Crippen molar-refractivity contribution < 1.29 is 4.74 Å². The van der Waals surface area contributed by atoms with Gasteiger partial charge >= 0.3 is 0 Å². The molecule has 1 aliphatic rings. The molecule has 6 heteroatoms. The lowest BCUT2D eigenvalue weighted by atomic mass is 10.2. The number of hydrogen-bond donors (Lipinski definition) is 0. The Morgan fingerprint density at radius 2 is 1.58 bits per heavy atom. The minimum atomic E-state index is 0.681. The molecule has 0 bridgehead atoms. The monoisotopic (exact) mass is 458 g/mol. The summed E-state index contributed by atoms with van der Waals surface area (Å²) in [6.45, 7) is 9.51. The van der Waals surface area contributed by atoms with Crippen molar-refractivity contribution in [1.82, 2.24) is 14.0 Å². The topological polar surface area (TPSA) is 25.6 Å². The Balaban J connectivity index is 1.39. The van der Waals surface area contributed by atoms with Gasteiger partial charge in [-0.2, -0.15) is 0 Å². The predicted octanol–water partition coefficient (Wildman–Crippen LogP) is 5.65. The van der Waals surface area contributed by atoms with Crippen molar-refractivity contribution in [3.05, 3.63) is 83.1 Å². The summed E-state index contributed by atoms with van der Waals surface area (Å²) in [7, 11) is 0. The van der Waals surface area contributed by atoms with Crippen LogP contribution in [0.3, 0.4) is 0 Å². The largest absolute Gasteiger partial charge is 0.492 e. The molecular weight excluding hydrogens is 428 g/mol. The second-order valence-corrected chi connectivity index (χ2v) is 8.89. The van der Waals surface area contributed by atoms with Gasteiger partial charge in [0.15, 0.2) is 4.77 Å². The van der Waals surface area contributed by atoms with Crippen LogP contribution in [0.15, 0.2) is 72.8 Å². The molecule has 0 atom stereocenters. The van der Waals surface area contributed by atoms with E-state index in [1.54, 1.807) is 0 Å². The summed E-state index contributed by atoms with van der Waals surface area (Å²) in [5.41, 5.74) is 5.86. The van der Waals surface area contributed by atoms with Crippen molar-refractivity contribution in [2.75, 3.05) is 37.7 Å². The summed E-state index contributed by atoms with van der Waals surface area (Å²) >= 11 is 6.00. The molecule has 2 heterocycles. The third-order valence-corrected chi connectivity index (χ3v) is 6.72. The minimum absolute atomic E-state index is 0.681. The Kier molecular flexibility index (Phi) is 6.20. The zero-order chi connectivity index (χ0) is 22.8. The number of fused-ring (bicyclic) bond motifs is 1.